The number of allylic oxidation sites excluding steroid dienone is 1. The van der Waals surface area contributed by atoms with Crippen LogP contribution in [0.25, 0.3) is 0 Å². The number of ketones is 1. The van der Waals surface area contributed by atoms with Crippen molar-refractivity contribution in [3.8, 4) is 0 Å². The summed E-state index contributed by atoms with van der Waals surface area (Å²) in [6.45, 7) is 1.82. The van der Waals surface area contributed by atoms with Gasteiger partial charge in [-0.3, -0.25) is 9.59 Å². The van der Waals surface area contributed by atoms with E-state index in [4.69, 9.17) is 39.5 Å². The summed E-state index contributed by atoms with van der Waals surface area (Å²) >= 11 is 17.3. The highest BCUT2D eigenvalue weighted by Gasteiger charge is 2.48. The number of Topliss-reactive ketones (excluding diaryl/α,β-unsaturated/α-hetero) is 1. The first-order valence-corrected chi connectivity index (χ1v) is 8.61. The first kappa shape index (κ1) is 19.3. The Hall–Kier alpha value is -1.07. The second-order valence-corrected chi connectivity index (χ2v) is 7.18. The number of ether oxygens (including phenoxy) is 1. The minimum Gasteiger partial charge on any atom is -0.465 e. The lowest BCUT2D eigenvalue weighted by Crippen LogP contribution is -2.45. The average Bonchev–Trinajstić information content (AvgIpc) is 2.46. The number of esters is 1. The molecule has 1 N–H and O–H groups in total. The highest BCUT2D eigenvalue weighted by molar-refractivity contribution is 6.55. The zero-order valence-corrected chi connectivity index (χ0v) is 15.2. The van der Waals surface area contributed by atoms with Gasteiger partial charge in [0.1, 0.15) is 10.4 Å². The van der Waals surface area contributed by atoms with Gasteiger partial charge in [-0.2, -0.15) is 0 Å². The van der Waals surface area contributed by atoms with Crippen LogP contribution in [0.4, 0.5) is 0 Å². The summed E-state index contributed by atoms with van der Waals surface area (Å²) in [6, 6.07) is 6.58. The molecule has 0 heterocycles. The van der Waals surface area contributed by atoms with Gasteiger partial charge >= 0.3 is 5.97 Å². The molecule has 0 radical (unpaired) electrons. The van der Waals surface area contributed by atoms with Crippen molar-refractivity contribution in [2.75, 3.05) is 6.61 Å². The minimum absolute atomic E-state index is 0.0672. The third-order valence-corrected chi connectivity index (χ3v) is 4.58. The van der Waals surface area contributed by atoms with Crippen molar-refractivity contribution in [2.24, 2.45) is 11.8 Å². The molecule has 0 saturated heterocycles. The highest BCUT2D eigenvalue weighted by Crippen LogP contribution is 2.43. The number of carbonyl (C=O) groups is 2. The summed E-state index contributed by atoms with van der Waals surface area (Å²) in [4.78, 5) is 24.7. The second-order valence-electron chi connectivity index (χ2n) is 5.74. The van der Waals surface area contributed by atoms with E-state index < -0.39 is 29.2 Å². The van der Waals surface area contributed by atoms with Crippen molar-refractivity contribution in [2.45, 2.75) is 25.4 Å². The van der Waals surface area contributed by atoms with E-state index in [0.717, 1.165) is 0 Å². The van der Waals surface area contributed by atoms with Crippen LogP contribution >= 0.6 is 34.8 Å². The molecule has 130 valence electrons. The lowest BCUT2D eigenvalue weighted by Gasteiger charge is -2.38. The number of carbonyl (C=O) groups excluding carboxylic acids is 2. The fourth-order valence-corrected chi connectivity index (χ4v) is 3.50. The van der Waals surface area contributed by atoms with Crippen LogP contribution in [-0.2, 0) is 19.9 Å². The van der Waals surface area contributed by atoms with Gasteiger partial charge in [-0.25, -0.2) is 0 Å². The first-order chi connectivity index (χ1) is 11.3. The Labute approximate surface area is 155 Å². The number of hydrogen-bond acceptors (Lipinski definition) is 4. The molecule has 1 aliphatic rings. The Kier molecular flexibility index (Phi) is 6.32. The zero-order chi connectivity index (χ0) is 17.9. The summed E-state index contributed by atoms with van der Waals surface area (Å²) in [5, 5.41) is 11.5. The quantitative estimate of drug-likeness (QED) is 0.622. The number of hydrogen-bond donors (Lipinski definition) is 1. The molecule has 1 saturated carbocycles. The molecule has 0 unspecified atom stereocenters. The van der Waals surface area contributed by atoms with E-state index in [9.17, 15) is 14.7 Å². The molecular weight excluding hydrogens is 375 g/mol. The van der Waals surface area contributed by atoms with E-state index in [1.165, 1.54) is 6.08 Å². The average molecular weight is 392 g/mol. The predicted octanol–water partition coefficient (Wildman–Crippen LogP) is 4.01. The summed E-state index contributed by atoms with van der Waals surface area (Å²) < 4.78 is 4.91. The van der Waals surface area contributed by atoms with E-state index in [2.05, 4.69) is 0 Å². The maximum absolute atomic E-state index is 12.6. The zero-order valence-electron chi connectivity index (χ0n) is 13.0. The summed E-state index contributed by atoms with van der Waals surface area (Å²) in [6.07, 6.45) is 1.33. The molecule has 1 aromatic rings. The van der Waals surface area contributed by atoms with Crippen molar-refractivity contribution < 1.29 is 19.4 Å². The van der Waals surface area contributed by atoms with Gasteiger partial charge in [0.25, 0.3) is 0 Å². The molecule has 2 rings (SSSR count). The van der Waals surface area contributed by atoms with Crippen molar-refractivity contribution in [1.29, 1.82) is 0 Å². The van der Waals surface area contributed by atoms with Crippen molar-refractivity contribution in [1.82, 2.24) is 0 Å². The second kappa shape index (κ2) is 7.87. The van der Waals surface area contributed by atoms with Gasteiger partial charge in [-0.15, -0.1) is 0 Å². The Balaban J connectivity index is 2.37. The van der Waals surface area contributed by atoms with E-state index in [1.807, 2.05) is 0 Å². The Morgan fingerprint density at radius 3 is 2.54 bits per heavy atom. The molecule has 3 atom stereocenters. The molecule has 24 heavy (non-hydrogen) atoms. The Morgan fingerprint density at radius 1 is 1.38 bits per heavy atom. The van der Waals surface area contributed by atoms with E-state index >= 15 is 0 Å². The minimum atomic E-state index is -1.42. The lowest BCUT2D eigenvalue weighted by atomic mass is 9.68. The van der Waals surface area contributed by atoms with Gasteiger partial charge in [0, 0.05) is 17.4 Å². The molecule has 1 fully saturated rings. The van der Waals surface area contributed by atoms with Gasteiger partial charge in [-0.05, 0) is 37.1 Å². The van der Waals surface area contributed by atoms with Gasteiger partial charge in [0.15, 0.2) is 5.78 Å². The molecule has 1 aliphatic carbocycles. The van der Waals surface area contributed by atoms with Crippen molar-refractivity contribution >= 4 is 46.6 Å². The summed E-state index contributed by atoms with van der Waals surface area (Å²) in [5.41, 5.74) is -0.874. The number of halogens is 3. The third-order valence-electron chi connectivity index (χ3n) is 4.08. The number of aliphatic hydroxyl groups is 1. The maximum atomic E-state index is 12.6. The smallest absolute Gasteiger partial charge is 0.317 e. The largest absolute Gasteiger partial charge is 0.465 e. The van der Waals surface area contributed by atoms with Crippen LogP contribution in [0.15, 0.2) is 34.8 Å². The Bertz CT molecular complexity index is 652. The molecule has 1 aromatic carbocycles. The van der Waals surface area contributed by atoms with E-state index in [1.54, 1.807) is 31.2 Å². The first-order valence-electron chi connectivity index (χ1n) is 7.47. The van der Waals surface area contributed by atoms with Gasteiger partial charge < -0.3 is 9.84 Å². The van der Waals surface area contributed by atoms with Gasteiger partial charge in [-0.1, -0.05) is 46.9 Å². The third kappa shape index (κ3) is 4.31. The summed E-state index contributed by atoms with van der Waals surface area (Å²) in [5.74, 6) is -2.72. The fourth-order valence-electron chi connectivity index (χ4n) is 3.05. The molecule has 7 heteroatoms. The van der Waals surface area contributed by atoms with Crippen LogP contribution in [0.1, 0.15) is 25.3 Å². The predicted molar refractivity (Wildman–Crippen MR) is 93.0 cm³/mol. The number of rotatable bonds is 4. The molecule has 0 spiro atoms. The van der Waals surface area contributed by atoms with Crippen LogP contribution < -0.4 is 0 Å². The van der Waals surface area contributed by atoms with E-state index in [-0.39, 0.29) is 23.9 Å². The molecule has 0 aliphatic heterocycles. The van der Waals surface area contributed by atoms with Gasteiger partial charge in [0.05, 0.1) is 12.2 Å². The van der Waals surface area contributed by atoms with Crippen LogP contribution in [0.2, 0.25) is 5.02 Å². The normalized spacial score (nSPS) is 26.8. The van der Waals surface area contributed by atoms with Crippen LogP contribution in [-0.4, -0.2) is 23.5 Å². The maximum Gasteiger partial charge on any atom is 0.317 e. The monoisotopic (exact) mass is 390 g/mol. The molecule has 0 aromatic heterocycles. The molecule has 0 bridgehead atoms. The van der Waals surface area contributed by atoms with Crippen molar-refractivity contribution in [3.63, 3.8) is 0 Å². The van der Waals surface area contributed by atoms with Gasteiger partial charge in [0.2, 0.25) is 0 Å². The SMILES string of the molecule is CCOC(=O)[C@H]1C(=O)C[C@@](O)(c2ccc(Cl)cc2)C[C@@H]1C=C(Cl)Cl. The van der Waals surface area contributed by atoms with Crippen LogP contribution in [0.5, 0.6) is 0 Å². The van der Waals surface area contributed by atoms with E-state index in [0.29, 0.717) is 10.6 Å². The lowest BCUT2D eigenvalue weighted by molar-refractivity contribution is -0.159. The van der Waals surface area contributed by atoms with Crippen molar-refractivity contribution in [3.05, 3.63) is 45.4 Å². The molecular formula is C17H17Cl3O4. The van der Waals surface area contributed by atoms with Crippen LogP contribution in [0, 0.1) is 11.8 Å². The molecule has 4 nitrogen and oxygen atoms in total. The highest BCUT2D eigenvalue weighted by atomic mass is 35.5. The van der Waals surface area contributed by atoms with Crippen LogP contribution in [0.3, 0.4) is 0 Å². The summed E-state index contributed by atoms with van der Waals surface area (Å²) in [7, 11) is 0. The topological polar surface area (TPSA) is 63.6 Å². The standard InChI is InChI=1S/C17H17Cl3O4/c1-2-24-16(22)15-10(7-14(19)20)8-17(23,9-13(15)21)11-3-5-12(18)6-4-11/h3-7,10,15,23H,2,8-9H2,1H3/t10-,15+,17+/m0/s1. The Morgan fingerprint density at radius 2 is 2.00 bits per heavy atom. The fraction of sp³-hybridized carbons (Fsp3) is 0.412. The number of benzene rings is 1. The molecule has 0 amide bonds.